The van der Waals surface area contributed by atoms with E-state index in [0.717, 1.165) is 22.7 Å². The van der Waals surface area contributed by atoms with E-state index in [2.05, 4.69) is 25.0 Å². The van der Waals surface area contributed by atoms with Crippen molar-refractivity contribution in [3.8, 4) is 17.5 Å². The maximum atomic E-state index is 9.21. The summed E-state index contributed by atoms with van der Waals surface area (Å²) in [7, 11) is 0. The van der Waals surface area contributed by atoms with Crippen LogP contribution in [-0.2, 0) is 6.42 Å². The molecule has 0 unspecified atom stereocenters. The summed E-state index contributed by atoms with van der Waals surface area (Å²) in [5, 5.41) is 13.8. The van der Waals surface area contributed by atoms with Crippen LogP contribution < -0.4 is 10.5 Å². The Kier molecular flexibility index (Phi) is 2.87. The molecule has 5 heteroatoms. The number of nitrogens with zero attached hydrogens (tertiary/aromatic N) is 3. The molecule has 102 valence electrons. The number of ether oxygens (including phenoxy) is 1. The molecule has 0 spiro atoms. The Hall–Kier alpha value is -2.48. The second kappa shape index (κ2) is 4.57. The molecule has 2 N–H and O–H groups in total. The van der Waals surface area contributed by atoms with Gasteiger partial charge < -0.3 is 10.5 Å². The number of hydrogen-bond acceptors (Lipinski definition) is 4. The third-order valence-corrected chi connectivity index (χ3v) is 3.55. The average molecular weight is 268 g/mol. The first kappa shape index (κ1) is 12.5. The number of nitriles is 1. The molecule has 1 aliphatic rings. The van der Waals surface area contributed by atoms with Crippen molar-refractivity contribution in [1.29, 1.82) is 5.26 Å². The lowest BCUT2D eigenvalue weighted by Gasteiger charge is -2.11. The summed E-state index contributed by atoms with van der Waals surface area (Å²) in [6, 6.07) is 5.91. The van der Waals surface area contributed by atoms with E-state index in [1.807, 2.05) is 12.3 Å². The van der Waals surface area contributed by atoms with Gasteiger partial charge in [-0.2, -0.15) is 10.4 Å². The van der Waals surface area contributed by atoms with Crippen molar-refractivity contribution in [3.05, 3.63) is 35.2 Å². The zero-order chi connectivity index (χ0) is 14.3. The van der Waals surface area contributed by atoms with E-state index >= 15 is 0 Å². The van der Waals surface area contributed by atoms with E-state index < -0.39 is 0 Å². The third-order valence-electron chi connectivity index (χ3n) is 3.55. The zero-order valence-electron chi connectivity index (χ0n) is 11.6. The predicted molar refractivity (Wildman–Crippen MR) is 76.0 cm³/mol. The molecular formula is C15H16N4O. The van der Waals surface area contributed by atoms with Crippen LogP contribution in [0.3, 0.4) is 0 Å². The third kappa shape index (κ3) is 1.81. The second-order valence-electron chi connectivity index (χ2n) is 5.22. The van der Waals surface area contributed by atoms with Gasteiger partial charge in [-0.3, -0.25) is 0 Å². The van der Waals surface area contributed by atoms with Crippen LogP contribution in [0.2, 0.25) is 0 Å². The SMILES string of the molecule is CC(C)c1ccn(-c2cc(N)c(C#N)c3c2OCC3)n1. The summed E-state index contributed by atoms with van der Waals surface area (Å²) in [4.78, 5) is 0. The van der Waals surface area contributed by atoms with E-state index in [1.54, 1.807) is 10.7 Å². The molecule has 0 aliphatic carbocycles. The minimum absolute atomic E-state index is 0.362. The molecule has 0 saturated heterocycles. The van der Waals surface area contributed by atoms with Crippen LogP contribution in [0, 0.1) is 11.3 Å². The van der Waals surface area contributed by atoms with Gasteiger partial charge in [0, 0.05) is 18.2 Å². The number of benzene rings is 1. The van der Waals surface area contributed by atoms with Crippen LogP contribution in [0.1, 0.15) is 36.6 Å². The molecule has 0 fully saturated rings. The first-order valence-corrected chi connectivity index (χ1v) is 6.66. The van der Waals surface area contributed by atoms with Crippen molar-refractivity contribution >= 4 is 5.69 Å². The number of nitrogens with two attached hydrogens (primary N) is 1. The van der Waals surface area contributed by atoms with Crippen LogP contribution in [0.15, 0.2) is 18.3 Å². The minimum atomic E-state index is 0.362. The normalized spacial score (nSPS) is 13.1. The van der Waals surface area contributed by atoms with Gasteiger partial charge in [-0.25, -0.2) is 4.68 Å². The molecule has 0 radical (unpaired) electrons. The minimum Gasteiger partial charge on any atom is -0.491 e. The van der Waals surface area contributed by atoms with Crippen molar-refractivity contribution in [2.75, 3.05) is 12.3 Å². The number of aromatic nitrogens is 2. The van der Waals surface area contributed by atoms with Crippen molar-refractivity contribution in [2.45, 2.75) is 26.2 Å². The first-order valence-electron chi connectivity index (χ1n) is 6.66. The quantitative estimate of drug-likeness (QED) is 0.848. The Bertz CT molecular complexity index is 709. The Labute approximate surface area is 117 Å². The molecule has 1 aliphatic heterocycles. The van der Waals surface area contributed by atoms with Gasteiger partial charge in [-0.1, -0.05) is 13.8 Å². The van der Waals surface area contributed by atoms with Gasteiger partial charge in [-0.15, -0.1) is 0 Å². The van der Waals surface area contributed by atoms with Gasteiger partial charge in [0.25, 0.3) is 0 Å². The Morgan fingerprint density at radius 1 is 1.50 bits per heavy atom. The molecule has 0 saturated carbocycles. The lowest BCUT2D eigenvalue weighted by molar-refractivity contribution is 0.355. The number of nitrogen functional groups attached to an aromatic ring is 1. The molecule has 0 amide bonds. The summed E-state index contributed by atoms with van der Waals surface area (Å²) in [6.07, 6.45) is 2.62. The summed E-state index contributed by atoms with van der Waals surface area (Å²) in [5.41, 5.74) is 9.71. The molecule has 3 rings (SSSR count). The summed E-state index contributed by atoms with van der Waals surface area (Å²) < 4.78 is 7.46. The fraction of sp³-hybridized carbons (Fsp3) is 0.333. The van der Waals surface area contributed by atoms with Crippen LogP contribution >= 0.6 is 0 Å². The van der Waals surface area contributed by atoms with E-state index in [9.17, 15) is 5.26 Å². The van der Waals surface area contributed by atoms with Crippen LogP contribution in [0.4, 0.5) is 5.69 Å². The fourth-order valence-electron chi connectivity index (χ4n) is 2.46. The highest BCUT2D eigenvalue weighted by molar-refractivity contribution is 5.70. The summed E-state index contributed by atoms with van der Waals surface area (Å²) >= 11 is 0. The standard InChI is InChI=1S/C15H16N4O/c1-9(2)13-3-5-19(18-13)14-7-12(17)11(8-16)10-4-6-20-15(10)14/h3,5,7,9H,4,6,17H2,1-2H3. The number of anilines is 1. The molecule has 0 bridgehead atoms. The lowest BCUT2D eigenvalue weighted by atomic mass is 10.0. The average Bonchev–Trinajstić information content (AvgIpc) is 3.06. The van der Waals surface area contributed by atoms with Crippen LogP contribution in [0.25, 0.3) is 5.69 Å². The monoisotopic (exact) mass is 268 g/mol. The van der Waals surface area contributed by atoms with E-state index in [-0.39, 0.29) is 0 Å². The summed E-state index contributed by atoms with van der Waals surface area (Å²) in [5.74, 6) is 1.09. The van der Waals surface area contributed by atoms with E-state index in [0.29, 0.717) is 30.2 Å². The van der Waals surface area contributed by atoms with Crippen molar-refractivity contribution in [1.82, 2.24) is 9.78 Å². The van der Waals surface area contributed by atoms with Gasteiger partial charge in [0.2, 0.25) is 0 Å². The Morgan fingerprint density at radius 3 is 2.95 bits per heavy atom. The topological polar surface area (TPSA) is 76.9 Å². The highest BCUT2D eigenvalue weighted by Gasteiger charge is 2.24. The van der Waals surface area contributed by atoms with E-state index in [4.69, 9.17) is 10.5 Å². The van der Waals surface area contributed by atoms with E-state index in [1.165, 1.54) is 0 Å². The molecule has 2 aromatic rings. The highest BCUT2D eigenvalue weighted by atomic mass is 16.5. The molecular weight excluding hydrogens is 252 g/mol. The smallest absolute Gasteiger partial charge is 0.149 e. The van der Waals surface area contributed by atoms with Gasteiger partial charge in [0.15, 0.2) is 0 Å². The number of fused-ring (bicyclic) bond motifs is 1. The maximum absolute atomic E-state index is 9.21. The number of hydrogen-bond donors (Lipinski definition) is 1. The fourth-order valence-corrected chi connectivity index (χ4v) is 2.46. The molecule has 20 heavy (non-hydrogen) atoms. The number of rotatable bonds is 2. The highest BCUT2D eigenvalue weighted by Crippen LogP contribution is 2.37. The molecule has 5 nitrogen and oxygen atoms in total. The van der Waals surface area contributed by atoms with Gasteiger partial charge in [0.05, 0.1) is 23.6 Å². The van der Waals surface area contributed by atoms with Crippen LogP contribution in [0.5, 0.6) is 5.75 Å². The largest absolute Gasteiger partial charge is 0.491 e. The Morgan fingerprint density at radius 2 is 2.30 bits per heavy atom. The maximum Gasteiger partial charge on any atom is 0.149 e. The van der Waals surface area contributed by atoms with Gasteiger partial charge in [-0.05, 0) is 18.1 Å². The van der Waals surface area contributed by atoms with Crippen molar-refractivity contribution in [3.63, 3.8) is 0 Å². The van der Waals surface area contributed by atoms with Gasteiger partial charge in [0.1, 0.15) is 17.5 Å². The molecule has 1 aromatic carbocycles. The van der Waals surface area contributed by atoms with Crippen molar-refractivity contribution < 1.29 is 4.74 Å². The lowest BCUT2D eigenvalue weighted by Crippen LogP contribution is -2.03. The van der Waals surface area contributed by atoms with Gasteiger partial charge >= 0.3 is 0 Å². The summed E-state index contributed by atoms with van der Waals surface area (Å²) in [6.45, 7) is 4.78. The zero-order valence-corrected chi connectivity index (χ0v) is 11.6. The Balaban J connectivity index is 2.17. The predicted octanol–water partition coefficient (Wildman–Crippen LogP) is 2.38. The van der Waals surface area contributed by atoms with Crippen molar-refractivity contribution in [2.24, 2.45) is 0 Å². The second-order valence-corrected chi connectivity index (χ2v) is 5.22. The molecule has 0 atom stereocenters. The van der Waals surface area contributed by atoms with Crippen LogP contribution in [-0.4, -0.2) is 16.4 Å². The molecule has 1 aromatic heterocycles. The first-order chi connectivity index (χ1) is 9.61. The molecule has 2 heterocycles.